The van der Waals surface area contributed by atoms with Crippen molar-refractivity contribution in [3.05, 3.63) is 33.4 Å². The van der Waals surface area contributed by atoms with E-state index in [-0.39, 0.29) is 6.42 Å². The molecule has 94 valence electrons. The molecule has 0 unspecified atom stereocenters. The lowest BCUT2D eigenvalue weighted by atomic mass is 9.75. The number of rotatable bonds is 2. The predicted octanol–water partition coefficient (Wildman–Crippen LogP) is 1.30. The fourth-order valence-electron chi connectivity index (χ4n) is 2.10. The molecule has 0 atom stereocenters. The summed E-state index contributed by atoms with van der Waals surface area (Å²) in [6.07, 6.45) is 0.290. The number of carbonyl (C=O) groups excluding carboxylic acids is 3. The number of amides is 4. The van der Waals surface area contributed by atoms with Gasteiger partial charge in [0.15, 0.2) is 5.41 Å². The first kappa shape index (κ1) is 13.0. The van der Waals surface area contributed by atoms with Gasteiger partial charge in [0, 0.05) is 3.57 Å². The summed E-state index contributed by atoms with van der Waals surface area (Å²) in [5, 5.41) is 4.31. The lowest BCUT2D eigenvalue weighted by Gasteiger charge is -2.33. The van der Waals surface area contributed by atoms with Gasteiger partial charge in [0.25, 0.3) is 0 Å². The topological polar surface area (TPSA) is 75.3 Å². The van der Waals surface area contributed by atoms with Crippen LogP contribution in [0.2, 0.25) is 0 Å². The smallest absolute Gasteiger partial charge is 0.277 e. The second kappa shape index (κ2) is 4.68. The third kappa shape index (κ3) is 1.90. The van der Waals surface area contributed by atoms with E-state index in [1.807, 2.05) is 6.07 Å². The molecule has 1 aliphatic rings. The third-order valence-electron chi connectivity index (χ3n) is 3.08. The van der Waals surface area contributed by atoms with Crippen molar-refractivity contribution >= 4 is 40.4 Å². The van der Waals surface area contributed by atoms with Gasteiger partial charge in [-0.3, -0.25) is 20.2 Å². The first-order chi connectivity index (χ1) is 8.50. The number of urea groups is 1. The van der Waals surface area contributed by atoms with E-state index in [0.717, 1.165) is 3.57 Å². The fraction of sp³-hybridized carbons (Fsp3) is 0.250. The number of hydrogen-bond acceptors (Lipinski definition) is 3. The zero-order chi connectivity index (χ0) is 13.3. The summed E-state index contributed by atoms with van der Waals surface area (Å²) < 4.78 is 0.926. The van der Waals surface area contributed by atoms with Crippen molar-refractivity contribution in [3.63, 3.8) is 0 Å². The molecule has 4 amide bonds. The molecule has 6 heteroatoms. The molecule has 1 saturated heterocycles. The molecule has 18 heavy (non-hydrogen) atoms. The van der Waals surface area contributed by atoms with Crippen molar-refractivity contribution < 1.29 is 14.4 Å². The van der Waals surface area contributed by atoms with Gasteiger partial charge in [0.1, 0.15) is 0 Å². The summed E-state index contributed by atoms with van der Waals surface area (Å²) in [4.78, 5) is 35.3. The molecule has 0 aromatic heterocycles. The number of carbonyl (C=O) groups is 3. The Bertz CT molecular complexity index is 522. The van der Waals surface area contributed by atoms with Crippen LogP contribution < -0.4 is 10.6 Å². The highest BCUT2D eigenvalue weighted by Crippen LogP contribution is 2.31. The Morgan fingerprint density at radius 1 is 1.17 bits per heavy atom. The van der Waals surface area contributed by atoms with Gasteiger partial charge in [0.2, 0.25) is 11.8 Å². The van der Waals surface area contributed by atoms with Crippen molar-refractivity contribution in [2.75, 3.05) is 0 Å². The van der Waals surface area contributed by atoms with Gasteiger partial charge in [-0.2, -0.15) is 0 Å². The van der Waals surface area contributed by atoms with Crippen LogP contribution >= 0.6 is 22.6 Å². The van der Waals surface area contributed by atoms with Crippen molar-refractivity contribution in [1.82, 2.24) is 10.6 Å². The lowest BCUT2D eigenvalue weighted by molar-refractivity contribution is -0.138. The van der Waals surface area contributed by atoms with E-state index in [0.29, 0.717) is 5.56 Å². The maximum atomic E-state index is 12.1. The van der Waals surface area contributed by atoms with E-state index in [4.69, 9.17) is 0 Å². The number of hydrogen-bond donors (Lipinski definition) is 2. The molecule has 1 aliphatic heterocycles. The van der Waals surface area contributed by atoms with Gasteiger partial charge in [0.05, 0.1) is 0 Å². The summed E-state index contributed by atoms with van der Waals surface area (Å²) in [6, 6.07) is 6.39. The van der Waals surface area contributed by atoms with E-state index in [2.05, 4.69) is 33.2 Å². The van der Waals surface area contributed by atoms with Gasteiger partial charge in [-0.25, -0.2) is 4.79 Å². The zero-order valence-corrected chi connectivity index (χ0v) is 11.8. The molecule has 0 spiro atoms. The number of benzene rings is 1. The molecule has 5 nitrogen and oxygen atoms in total. The van der Waals surface area contributed by atoms with Crippen LogP contribution in [0.1, 0.15) is 18.9 Å². The maximum absolute atomic E-state index is 12.1. The Hall–Kier alpha value is -1.44. The van der Waals surface area contributed by atoms with Crippen LogP contribution in [0.25, 0.3) is 0 Å². The van der Waals surface area contributed by atoms with Crippen LogP contribution in [0.3, 0.4) is 0 Å². The molecule has 2 N–H and O–H groups in total. The minimum atomic E-state index is -1.32. The number of barbiturate groups is 1. The quantitative estimate of drug-likeness (QED) is 0.620. The van der Waals surface area contributed by atoms with Crippen LogP contribution in [0.5, 0.6) is 0 Å². The highest BCUT2D eigenvalue weighted by atomic mass is 125. The van der Waals surface area contributed by atoms with Crippen LogP contribution in [-0.2, 0) is 15.0 Å². The van der Waals surface area contributed by atoms with Gasteiger partial charge >= 0.3 is 6.03 Å². The fourth-order valence-corrected chi connectivity index (χ4v) is 2.64. The minimum absolute atomic E-state index is 0.290. The van der Waals surface area contributed by atoms with Crippen molar-refractivity contribution in [3.8, 4) is 0 Å². The molecule has 0 bridgehead atoms. The second-order valence-electron chi connectivity index (χ2n) is 4.01. The molecular weight excluding hydrogens is 345 g/mol. The van der Waals surface area contributed by atoms with E-state index < -0.39 is 23.3 Å². The van der Waals surface area contributed by atoms with Crippen LogP contribution in [0.4, 0.5) is 4.79 Å². The Labute approximate surface area is 117 Å². The summed E-state index contributed by atoms with van der Waals surface area (Å²) in [5.41, 5.74) is -0.728. The molecule has 1 heterocycles. The number of nitrogens with one attached hydrogen (secondary N) is 2. The first-order valence-corrected chi connectivity index (χ1v) is 6.51. The molecule has 1 aromatic carbocycles. The summed E-state index contributed by atoms with van der Waals surface area (Å²) in [5.74, 6) is -1.14. The average molecular weight is 356 g/mol. The monoisotopic (exact) mass is 356 g/mol. The highest BCUT2D eigenvalue weighted by molar-refractivity contribution is 14.1. The Balaban J connectivity index is 2.57. The maximum Gasteiger partial charge on any atom is 0.328 e. The Kier molecular flexibility index (Phi) is 3.38. The normalized spacial score (nSPS) is 18.2. The van der Waals surface area contributed by atoms with Gasteiger partial charge < -0.3 is 0 Å². The average Bonchev–Trinajstić information content (AvgIpc) is 2.29. The summed E-state index contributed by atoms with van der Waals surface area (Å²) >= 11 is 2.11. The van der Waals surface area contributed by atoms with Crippen molar-refractivity contribution in [2.45, 2.75) is 18.8 Å². The second-order valence-corrected chi connectivity index (χ2v) is 5.25. The van der Waals surface area contributed by atoms with Crippen LogP contribution in [0, 0.1) is 3.57 Å². The van der Waals surface area contributed by atoms with E-state index in [1.54, 1.807) is 25.1 Å². The van der Waals surface area contributed by atoms with Crippen molar-refractivity contribution in [1.29, 1.82) is 0 Å². The molecular formula is C12H11IN2O3. The molecule has 1 aromatic rings. The highest BCUT2D eigenvalue weighted by Gasteiger charge is 2.50. The van der Waals surface area contributed by atoms with Gasteiger partial charge in [-0.15, -0.1) is 0 Å². The number of imide groups is 2. The number of halogens is 1. The largest absolute Gasteiger partial charge is 0.328 e. The minimum Gasteiger partial charge on any atom is -0.277 e. The molecule has 0 saturated carbocycles. The van der Waals surface area contributed by atoms with E-state index in [1.165, 1.54) is 0 Å². The molecule has 0 radical (unpaired) electrons. The van der Waals surface area contributed by atoms with Gasteiger partial charge in [-0.05, 0) is 46.7 Å². The Morgan fingerprint density at radius 2 is 1.78 bits per heavy atom. The summed E-state index contributed by atoms with van der Waals surface area (Å²) in [6.45, 7) is 1.74. The predicted molar refractivity (Wildman–Crippen MR) is 72.8 cm³/mol. The van der Waals surface area contributed by atoms with Gasteiger partial charge in [-0.1, -0.05) is 19.1 Å². The first-order valence-electron chi connectivity index (χ1n) is 5.43. The van der Waals surface area contributed by atoms with Crippen LogP contribution in [-0.4, -0.2) is 17.8 Å². The van der Waals surface area contributed by atoms with Crippen molar-refractivity contribution in [2.24, 2.45) is 0 Å². The molecule has 0 aliphatic carbocycles. The standard InChI is InChI=1S/C12H11IN2O3/c1-2-12(7-4-3-5-8(13)6-7)9(16)14-11(18)15-10(12)17/h3-6H,2H2,1H3,(H2,14,15,16,17,18)/i13-2. The molecule has 2 rings (SSSR count). The van der Waals surface area contributed by atoms with E-state index in [9.17, 15) is 14.4 Å². The van der Waals surface area contributed by atoms with E-state index >= 15 is 0 Å². The lowest BCUT2D eigenvalue weighted by Crippen LogP contribution is -2.64. The van der Waals surface area contributed by atoms with Crippen LogP contribution in [0.15, 0.2) is 24.3 Å². The molecule has 1 fully saturated rings. The Morgan fingerprint density at radius 3 is 2.28 bits per heavy atom. The third-order valence-corrected chi connectivity index (χ3v) is 3.75. The zero-order valence-electron chi connectivity index (χ0n) is 9.62. The SMILES string of the molecule is CCC1(c2cccc([125I])c2)C(=O)NC(=O)NC1=O. The summed E-state index contributed by atoms with van der Waals surface area (Å²) in [7, 11) is 0.